The van der Waals surface area contributed by atoms with E-state index in [1.807, 2.05) is 0 Å². The van der Waals surface area contributed by atoms with Crippen LogP contribution in [-0.2, 0) is 4.79 Å². The molecule has 1 fully saturated rings. The first-order valence-electron chi connectivity index (χ1n) is 4.89. The number of rotatable bonds is 2. The first-order chi connectivity index (χ1) is 8.09. The summed E-state index contributed by atoms with van der Waals surface area (Å²) >= 11 is 1.51. The van der Waals surface area contributed by atoms with Gasteiger partial charge in [0.15, 0.2) is 0 Å². The minimum Gasteiger partial charge on any atom is -0.480 e. The van der Waals surface area contributed by atoms with Crippen molar-refractivity contribution in [2.24, 2.45) is 0 Å². The number of H-pyrrole nitrogens is 1. The number of nitrogens with two attached hydrogens (primary N) is 1. The summed E-state index contributed by atoms with van der Waals surface area (Å²) in [5.74, 6) is -0.476. The third kappa shape index (κ3) is 2.33. The van der Waals surface area contributed by atoms with E-state index in [2.05, 4.69) is 15.2 Å². The van der Waals surface area contributed by atoms with Crippen LogP contribution in [0.3, 0.4) is 0 Å². The second-order valence-corrected chi connectivity index (χ2v) is 4.62. The second-order valence-electron chi connectivity index (χ2n) is 3.47. The van der Waals surface area contributed by atoms with Gasteiger partial charge in [-0.25, -0.2) is 4.79 Å². The van der Waals surface area contributed by atoms with E-state index >= 15 is 0 Å². The van der Waals surface area contributed by atoms with Crippen LogP contribution in [0, 0.1) is 0 Å². The van der Waals surface area contributed by atoms with Crippen molar-refractivity contribution in [3.63, 3.8) is 0 Å². The molecule has 0 saturated carbocycles. The van der Waals surface area contributed by atoms with E-state index < -0.39 is 17.9 Å². The Hall–Kier alpha value is -1.77. The summed E-state index contributed by atoms with van der Waals surface area (Å²) in [6.07, 6.45) is 0. The van der Waals surface area contributed by atoms with Crippen LogP contribution < -0.4 is 5.73 Å². The van der Waals surface area contributed by atoms with Gasteiger partial charge in [-0.1, -0.05) is 0 Å². The number of carboxylic acid groups (broad SMARTS) is 1. The van der Waals surface area contributed by atoms with Gasteiger partial charge in [0.05, 0.1) is 0 Å². The Morgan fingerprint density at radius 3 is 2.94 bits per heavy atom. The molecule has 0 spiro atoms. The van der Waals surface area contributed by atoms with Crippen molar-refractivity contribution >= 4 is 29.6 Å². The maximum Gasteiger partial charge on any atom is 0.327 e. The lowest BCUT2D eigenvalue weighted by molar-refractivity contribution is -0.141. The van der Waals surface area contributed by atoms with Crippen molar-refractivity contribution in [2.75, 3.05) is 23.8 Å². The number of nitrogens with one attached hydrogen (secondary N) is 1. The third-order valence-electron chi connectivity index (χ3n) is 2.38. The van der Waals surface area contributed by atoms with E-state index in [4.69, 9.17) is 10.8 Å². The van der Waals surface area contributed by atoms with Crippen LogP contribution in [0.4, 0.5) is 5.95 Å². The quantitative estimate of drug-likeness (QED) is 0.622. The first kappa shape index (κ1) is 11.7. The zero-order valence-corrected chi connectivity index (χ0v) is 9.61. The Morgan fingerprint density at radius 1 is 1.59 bits per heavy atom. The summed E-state index contributed by atoms with van der Waals surface area (Å²) in [6.45, 7) is 0.376. The molecule has 2 heterocycles. The first-order valence-corrected chi connectivity index (χ1v) is 6.04. The fourth-order valence-electron chi connectivity index (χ4n) is 1.56. The zero-order chi connectivity index (χ0) is 12.4. The van der Waals surface area contributed by atoms with Gasteiger partial charge >= 0.3 is 5.97 Å². The highest BCUT2D eigenvalue weighted by molar-refractivity contribution is 7.99. The number of carbonyl (C=O) groups is 2. The molecule has 1 amide bonds. The molecule has 1 unspecified atom stereocenters. The number of aromatic nitrogens is 3. The Labute approximate surface area is 101 Å². The lowest BCUT2D eigenvalue weighted by atomic mass is 10.2. The molecule has 1 atom stereocenters. The van der Waals surface area contributed by atoms with Crippen LogP contribution in [-0.4, -0.2) is 61.2 Å². The lowest BCUT2D eigenvalue weighted by Gasteiger charge is -2.31. The third-order valence-corrected chi connectivity index (χ3v) is 3.40. The molecule has 17 heavy (non-hydrogen) atoms. The van der Waals surface area contributed by atoms with Gasteiger partial charge < -0.3 is 15.7 Å². The molecule has 9 heteroatoms. The lowest BCUT2D eigenvalue weighted by Crippen LogP contribution is -2.50. The maximum atomic E-state index is 12.0. The molecule has 1 saturated heterocycles. The Bertz CT molecular complexity index is 448. The fourth-order valence-corrected chi connectivity index (χ4v) is 2.60. The summed E-state index contributed by atoms with van der Waals surface area (Å²) in [5.41, 5.74) is 5.30. The highest BCUT2D eigenvalue weighted by Crippen LogP contribution is 2.18. The van der Waals surface area contributed by atoms with Crippen LogP contribution in [0.5, 0.6) is 0 Å². The van der Waals surface area contributed by atoms with Gasteiger partial charge in [-0.05, 0) is 0 Å². The van der Waals surface area contributed by atoms with Gasteiger partial charge in [0, 0.05) is 18.1 Å². The predicted octanol–water partition coefficient (Wildman–Crippen LogP) is -0.971. The van der Waals surface area contributed by atoms with Crippen molar-refractivity contribution in [1.82, 2.24) is 20.1 Å². The van der Waals surface area contributed by atoms with E-state index in [1.165, 1.54) is 16.7 Å². The van der Waals surface area contributed by atoms with Crippen LogP contribution >= 0.6 is 11.8 Å². The largest absolute Gasteiger partial charge is 0.480 e. The number of aliphatic carboxylic acids is 1. The molecule has 8 nitrogen and oxygen atoms in total. The summed E-state index contributed by atoms with van der Waals surface area (Å²) in [4.78, 5) is 28.0. The molecule has 1 aliphatic rings. The molecule has 1 aromatic heterocycles. The molecule has 1 aromatic rings. The average molecular weight is 257 g/mol. The predicted molar refractivity (Wildman–Crippen MR) is 60.6 cm³/mol. The van der Waals surface area contributed by atoms with E-state index in [-0.39, 0.29) is 11.8 Å². The molecule has 0 aromatic carbocycles. The molecular formula is C8H11N5O3S. The van der Waals surface area contributed by atoms with E-state index in [0.29, 0.717) is 18.1 Å². The van der Waals surface area contributed by atoms with Gasteiger partial charge in [-0.3, -0.25) is 9.89 Å². The number of thioether (sulfide) groups is 1. The van der Waals surface area contributed by atoms with Gasteiger partial charge in [0.1, 0.15) is 6.04 Å². The summed E-state index contributed by atoms with van der Waals surface area (Å²) in [5, 5.41) is 15.0. The normalized spacial score (nSPS) is 20.2. The number of carboxylic acids is 1. The van der Waals surface area contributed by atoms with Gasteiger partial charge in [-0.15, -0.1) is 5.10 Å². The van der Waals surface area contributed by atoms with Crippen molar-refractivity contribution in [3.05, 3.63) is 5.82 Å². The number of hydrogen-bond acceptors (Lipinski definition) is 6. The molecule has 0 aliphatic carbocycles. The van der Waals surface area contributed by atoms with Crippen molar-refractivity contribution in [3.8, 4) is 0 Å². The van der Waals surface area contributed by atoms with E-state index in [9.17, 15) is 9.59 Å². The fraction of sp³-hybridized carbons (Fsp3) is 0.500. The SMILES string of the molecule is Nc1n[nH]c(C(=O)N2CCSCC2C(=O)O)n1. The molecule has 0 bridgehead atoms. The molecule has 1 aliphatic heterocycles. The molecule has 2 rings (SSSR count). The van der Waals surface area contributed by atoms with Crippen LogP contribution in [0.25, 0.3) is 0 Å². The molecule has 92 valence electrons. The highest BCUT2D eigenvalue weighted by atomic mass is 32.2. The maximum absolute atomic E-state index is 12.0. The van der Waals surface area contributed by atoms with Crippen LogP contribution in [0.15, 0.2) is 0 Å². The molecular weight excluding hydrogens is 246 g/mol. The number of aromatic amines is 1. The second kappa shape index (κ2) is 4.62. The van der Waals surface area contributed by atoms with Crippen molar-refractivity contribution in [2.45, 2.75) is 6.04 Å². The van der Waals surface area contributed by atoms with Crippen LogP contribution in [0.1, 0.15) is 10.6 Å². The monoisotopic (exact) mass is 257 g/mol. The van der Waals surface area contributed by atoms with Crippen LogP contribution in [0.2, 0.25) is 0 Å². The highest BCUT2D eigenvalue weighted by Gasteiger charge is 2.34. The van der Waals surface area contributed by atoms with E-state index in [0.717, 1.165) is 0 Å². The number of nitrogen functional groups attached to an aromatic ring is 1. The van der Waals surface area contributed by atoms with E-state index in [1.54, 1.807) is 0 Å². The molecule has 0 radical (unpaired) electrons. The minimum atomic E-state index is -1.02. The molecule has 4 N–H and O–H groups in total. The number of carbonyl (C=O) groups excluding carboxylic acids is 1. The number of nitrogens with zero attached hydrogens (tertiary/aromatic N) is 3. The number of anilines is 1. The minimum absolute atomic E-state index is 0.0272. The Kier molecular flexibility index (Phi) is 3.18. The van der Waals surface area contributed by atoms with Crippen molar-refractivity contribution in [1.29, 1.82) is 0 Å². The zero-order valence-electron chi connectivity index (χ0n) is 8.79. The van der Waals surface area contributed by atoms with Crippen molar-refractivity contribution < 1.29 is 14.7 Å². The summed E-state index contributed by atoms with van der Waals surface area (Å²) in [7, 11) is 0. The summed E-state index contributed by atoms with van der Waals surface area (Å²) in [6, 6.07) is -0.826. The van der Waals surface area contributed by atoms with Gasteiger partial charge in [0.25, 0.3) is 5.91 Å². The Balaban J connectivity index is 2.19. The Morgan fingerprint density at radius 2 is 2.35 bits per heavy atom. The van der Waals surface area contributed by atoms with Gasteiger partial charge in [-0.2, -0.15) is 16.7 Å². The van der Waals surface area contributed by atoms with Gasteiger partial charge in [0.2, 0.25) is 11.8 Å². The standard InChI is InChI=1S/C8H11N5O3S/c9-8-10-5(11-12-8)6(14)13-1-2-17-3-4(13)7(15)16/h4H,1-3H2,(H,15,16)(H3,9,10,11,12). The smallest absolute Gasteiger partial charge is 0.327 e. The topological polar surface area (TPSA) is 125 Å². The summed E-state index contributed by atoms with van der Waals surface area (Å²) < 4.78 is 0. The number of amides is 1. The number of hydrogen-bond donors (Lipinski definition) is 3. The average Bonchev–Trinajstić information content (AvgIpc) is 2.75.